The van der Waals surface area contributed by atoms with Crippen molar-refractivity contribution in [2.75, 3.05) is 0 Å². The highest BCUT2D eigenvalue weighted by molar-refractivity contribution is 7.89. The zero-order valence-corrected chi connectivity index (χ0v) is 11.7. The molecule has 2 heterocycles. The molecule has 8 heteroatoms. The number of hydrogen-bond donors (Lipinski definition) is 2. The van der Waals surface area contributed by atoms with Gasteiger partial charge < -0.3 is 14.1 Å². The van der Waals surface area contributed by atoms with Crippen LogP contribution in [-0.4, -0.2) is 24.1 Å². The van der Waals surface area contributed by atoms with Gasteiger partial charge in [0, 0.05) is 13.2 Å². The van der Waals surface area contributed by atoms with Crippen molar-refractivity contribution in [3.05, 3.63) is 42.1 Å². The summed E-state index contributed by atoms with van der Waals surface area (Å²) in [5.41, 5.74) is -0.101. The second-order valence-electron chi connectivity index (χ2n) is 4.34. The molecule has 0 fully saturated rings. The predicted molar refractivity (Wildman–Crippen MR) is 69.8 cm³/mol. The Labute approximate surface area is 115 Å². The lowest BCUT2D eigenvalue weighted by atomic mass is 10.3. The molecular formula is C12H14N2O5S. The Kier molecular flexibility index (Phi) is 3.69. The number of rotatable bonds is 5. The number of furan rings is 1. The van der Waals surface area contributed by atoms with Crippen molar-refractivity contribution in [3.8, 4) is 0 Å². The fourth-order valence-corrected chi connectivity index (χ4v) is 3.07. The highest BCUT2D eigenvalue weighted by Gasteiger charge is 2.23. The van der Waals surface area contributed by atoms with E-state index in [2.05, 4.69) is 4.72 Å². The third kappa shape index (κ3) is 2.75. The van der Waals surface area contributed by atoms with E-state index in [-0.39, 0.29) is 10.6 Å². The van der Waals surface area contributed by atoms with Gasteiger partial charge in [0.25, 0.3) is 0 Å². The third-order valence-electron chi connectivity index (χ3n) is 2.81. The molecule has 0 amide bonds. The lowest BCUT2D eigenvalue weighted by Crippen LogP contribution is -2.26. The van der Waals surface area contributed by atoms with Crippen LogP contribution in [0.3, 0.4) is 0 Å². The van der Waals surface area contributed by atoms with Crippen molar-refractivity contribution in [1.82, 2.24) is 9.29 Å². The van der Waals surface area contributed by atoms with E-state index >= 15 is 0 Å². The van der Waals surface area contributed by atoms with Crippen LogP contribution in [-0.2, 0) is 17.1 Å². The molecule has 0 radical (unpaired) electrons. The van der Waals surface area contributed by atoms with Gasteiger partial charge in [-0.3, -0.25) is 0 Å². The molecule has 20 heavy (non-hydrogen) atoms. The van der Waals surface area contributed by atoms with E-state index in [1.54, 1.807) is 19.1 Å². The standard InChI is InChI=1S/C12H14N2O5S/c1-8(11-4-3-5-19-11)13-20(17,18)9-6-10(12(15)16)14(2)7-9/h3-8,13H,1-2H3,(H,15,16)/t8-/m0/s1. The Balaban J connectivity index is 2.27. The summed E-state index contributed by atoms with van der Waals surface area (Å²) in [6.45, 7) is 1.64. The number of sulfonamides is 1. The SMILES string of the molecule is C[C@H](NS(=O)(=O)c1cc(C(=O)O)n(C)c1)c1ccco1. The van der Waals surface area contributed by atoms with Gasteiger partial charge in [-0.1, -0.05) is 0 Å². The van der Waals surface area contributed by atoms with E-state index in [0.29, 0.717) is 5.76 Å². The van der Waals surface area contributed by atoms with E-state index in [9.17, 15) is 13.2 Å². The summed E-state index contributed by atoms with van der Waals surface area (Å²) in [5, 5.41) is 8.93. The van der Waals surface area contributed by atoms with Crippen LogP contribution in [0.15, 0.2) is 40.0 Å². The molecule has 2 aromatic rings. The smallest absolute Gasteiger partial charge is 0.352 e. The first-order valence-electron chi connectivity index (χ1n) is 5.76. The maximum Gasteiger partial charge on any atom is 0.352 e. The highest BCUT2D eigenvalue weighted by atomic mass is 32.2. The second-order valence-corrected chi connectivity index (χ2v) is 6.05. The first-order chi connectivity index (χ1) is 9.31. The normalized spacial score (nSPS) is 13.3. The lowest BCUT2D eigenvalue weighted by Gasteiger charge is -2.10. The molecule has 0 aliphatic rings. The number of hydrogen-bond acceptors (Lipinski definition) is 4. The topological polar surface area (TPSA) is 102 Å². The molecule has 0 bridgehead atoms. The van der Waals surface area contributed by atoms with Crippen molar-refractivity contribution in [2.45, 2.75) is 17.9 Å². The monoisotopic (exact) mass is 298 g/mol. The van der Waals surface area contributed by atoms with E-state index in [1.807, 2.05) is 0 Å². The summed E-state index contributed by atoms with van der Waals surface area (Å²) < 4.78 is 33.1. The fourth-order valence-electron chi connectivity index (χ4n) is 1.79. The molecule has 1 atom stereocenters. The van der Waals surface area contributed by atoms with Crippen molar-refractivity contribution in [1.29, 1.82) is 0 Å². The second kappa shape index (κ2) is 5.14. The first kappa shape index (κ1) is 14.4. The van der Waals surface area contributed by atoms with Gasteiger partial charge in [0.15, 0.2) is 0 Å². The molecule has 2 aromatic heterocycles. The Morgan fingerprint density at radius 3 is 2.70 bits per heavy atom. The van der Waals surface area contributed by atoms with Gasteiger partial charge in [-0.2, -0.15) is 0 Å². The van der Waals surface area contributed by atoms with E-state index in [1.165, 1.54) is 24.1 Å². The Hall–Kier alpha value is -2.06. The maximum atomic E-state index is 12.2. The van der Waals surface area contributed by atoms with Gasteiger partial charge in [-0.15, -0.1) is 0 Å². The minimum Gasteiger partial charge on any atom is -0.477 e. The number of nitrogens with zero attached hydrogens (tertiary/aromatic N) is 1. The number of carboxylic acid groups (broad SMARTS) is 1. The minimum atomic E-state index is -3.81. The van der Waals surface area contributed by atoms with E-state index < -0.39 is 22.0 Å². The van der Waals surface area contributed by atoms with Crippen molar-refractivity contribution < 1.29 is 22.7 Å². The average Bonchev–Trinajstić information content (AvgIpc) is 2.96. The van der Waals surface area contributed by atoms with Gasteiger partial charge >= 0.3 is 5.97 Å². The molecule has 0 aliphatic carbocycles. The van der Waals surface area contributed by atoms with Gasteiger partial charge in [0.05, 0.1) is 12.3 Å². The minimum absolute atomic E-state index is 0.101. The zero-order valence-electron chi connectivity index (χ0n) is 10.9. The fraction of sp³-hybridized carbons (Fsp3) is 0.250. The summed E-state index contributed by atoms with van der Waals surface area (Å²) in [6, 6.07) is 3.87. The molecule has 7 nitrogen and oxygen atoms in total. The largest absolute Gasteiger partial charge is 0.477 e. The van der Waals surface area contributed by atoms with Gasteiger partial charge in [-0.25, -0.2) is 17.9 Å². The van der Waals surface area contributed by atoms with Crippen LogP contribution in [0.5, 0.6) is 0 Å². The Morgan fingerprint density at radius 1 is 1.50 bits per heavy atom. The number of aromatic carboxylic acids is 1. The molecule has 0 saturated heterocycles. The Morgan fingerprint density at radius 2 is 2.20 bits per heavy atom. The quantitative estimate of drug-likeness (QED) is 0.867. The molecule has 2 N–H and O–H groups in total. The van der Waals surface area contributed by atoms with Crippen LogP contribution in [0, 0.1) is 0 Å². The average molecular weight is 298 g/mol. The summed E-state index contributed by atoms with van der Waals surface area (Å²) in [4.78, 5) is 10.8. The van der Waals surface area contributed by atoms with E-state index in [0.717, 1.165) is 6.07 Å². The maximum absolute atomic E-state index is 12.2. The number of carbonyl (C=O) groups is 1. The van der Waals surface area contributed by atoms with Crippen LogP contribution in [0.4, 0.5) is 0 Å². The van der Waals surface area contributed by atoms with Gasteiger partial charge in [-0.05, 0) is 25.1 Å². The van der Waals surface area contributed by atoms with Crippen LogP contribution < -0.4 is 4.72 Å². The molecule has 0 spiro atoms. The van der Waals surface area contributed by atoms with Crippen molar-refractivity contribution in [2.24, 2.45) is 7.05 Å². The van der Waals surface area contributed by atoms with E-state index in [4.69, 9.17) is 9.52 Å². The van der Waals surface area contributed by atoms with Crippen LogP contribution >= 0.6 is 0 Å². The predicted octanol–water partition coefficient (Wildman–Crippen LogP) is 1.36. The molecule has 108 valence electrons. The molecule has 2 rings (SSSR count). The number of carboxylic acids is 1. The molecule has 0 saturated carbocycles. The highest BCUT2D eigenvalue weighted by Crippen LogP contribution is 2.18. The third-order valence-corrected chi connectivity index (χ3v) is 4.32. The van der Waals surface area contributed by atoms with Gasteiger partial charge in [0.2, 0.25) is 10.0 Å². The van der Waals surface area contributed by atoms with Crippen LogP contribution in [0.25, 0.3) is 0 Å². The molecule has 0 aromatic carbocycles. The molecule has 0 aliphatic heterocycles. The number of aromatic nitrogens is 1. The zero-order chi connectivity index (χ0) is 14.9. The van der Waals surface area contributed by atoms with Crippen molar-refractivity contribution in [3.63, 3.8) is 0 Å². The summed E-state index contributed by atoms with van der Waals surface area (Å²) in [6.07, 6.45) is 2.70. The van der Waals surface area contributed by atoms with Crippen LogP contribution in [0.2, 0.25) is 0 Å². The summed E-state index contributed by atoms with van der Waals surface area (Å²) in [5.74, 6) is -0.712. The number of aryl methyl sites for hydroxylation is 1. The van der Waals surface area contributed by atoms with Gasteiger partial charge in [0.1, 0.15) is 16.3 Å². The molecular weight excluding hydrogens is 284 g/mol. The Bertz CT molecular complexity index is 715. The lowest BCUT2D eigenvalue weighted by molar-refractivity contribution is 0.0686. The number of nitrogens with one attached hydrogen (secondary N) is 1. The first-order valence-corrected chi connectivity index (χ1v) is 7.25. The summed E-state index contributed by atoms with van der Waals surface area (Å²) >= 11 is 0. The van der Waals surface area contributed by atoms with Crippen LogP contribution in [0.1, 0.15) is 29.2 Å². The summed E-state index contributed by atoms with van der Waals surface area (Å²) in [7, 11) is -2.34. The molecule has 0 unspecified atom stereocenters. The van der Waals surface area contributed by atoms with Crippen molar-refractivity contribution >= 4 is 16.0 Å².